The number of halogens is 1. The molecule has 2 aromatic carbocycles. The summed E-state index contributed by atoms with van der Waals surface area (Å²) in [6.07, 6.45) is 0.0204. The van der Waals surface area contributed by atoms with Gasteiger partial charge in [-0.3, -0.25) is 9.59 Å². The van der Waals surface area contributed by atoms with Crippen molar-refractivity contribution in [1.82, 2.24) is 0 Å². The molecule has 0 spiro atoms. The molecule has 2 amide bonds. The molecular weight excluding hydrogens is 299 g/mol. The summed E-state index contributed by atoms with van der Waals surface area (Å²) in [5.41, 5.74) is 0.923. The lowest BCUT2D eigenvalue weighted by molar-refractivity contribution is -0.121. The SMILES string of the molecule is COc1cccc(NC2CC(=O)N(c3cccc(F)c3)C2=O)c1. The first-order chi connectivity index (χ1) is 11.1. The number of ether oxygens (including phenoxy) is 1. The summed E-state index contributed by atoms with van der Waals surface area (Å²) >= 11 is 0. The number of imide groups is 1. The van der Waals surface area contributed by atoms with Gasteiger partial charge in [-0.05, 0) is 30.3 Å². The van der Waals surface area contributed by atoms with Gasteiger partial charge in [-0.15, -0.1) is 0 Å². The molecule has 0 saturated carbocycles. The highest BCUT2D eigenvalue weighted by Crippen LogP contribution is 2.26. The minimum Gasteiger partial charge on any atom is -0.497 e. The lowest BCUT2D eigenvalue weighted by Gasteiger charge is -2.16. The van der Waals surface area contributed by atoms with E-state index in [1.165, 1.54) is 24.3 Å². The van der Waals surface area contributed by atoms with Gasteiger partial charge in [0.25, 0.3) is 5.91 Å². The second-order valence-electron chi connectivity index (χ2n) is 5.18. The molecule has 0 aromatic heterocycles. The van der Waals surface area contributed by atoms with Crippen LogP contribution < -0.4 is 15.0 Å². The molecule has 1 aliphatic heterocycles. The first-order valence-electron chi connectivity index (χ1n) is 7.11. The highest BCUT2D eigenvalue weighted by atomic mass is 19.1. The molecule has 1 N–H and O–H groups in total. The Morgan fingerprint density at radius 2 is 1.96 bits per heavy atom. The zero-order chi connectivity index (χ0) is 16.4. The van der Waals surface area contributed by atoms with Crippen molar-refractivity contribution in [3.8, 4) is 5.75 Å². The van der Waals surface area contributed by atoms with Crippen molar-refractivity contribution in [1.29, 1.82) is 0 Å². The number of amides is 2. The van der Waals surface area contributed by atoms with Crippen molar-refractivity contribution in [2.24, 2.45) is 0 Å². The number of nitrogens with zero attached hydrogens (tertiary/aromatic N) is 1. The molecule has 1 fully saturated rings. The molecule has 0 aliphatic carbocycles. The van der Waals surface area contributed by atoms with Crippen LogP contribution in [0.15, 0.2) is 48.5 Å². The smallest absolute Gasteiger partial charge is 0.256 e. The summed E-state index contributed by atoms with van der Waals surface area (Å²) in [6, 6.07) is 11.8. The van der Waals surface area contributed by atoms with E-state index in [4.69, 9.17) is 4.74 Å². The van der Waals surface area contributed by atoms with Crippen LogP contribution in [-0.2, 0) is 9.59 Å². The third-order valence-corrected chi connectivity index (χ3v) is 3.62. The summed E-state index contributed by atoms with van der Waals surface area (Å²) in [4.78, 5) is 25.6. The predicted molar refractivity (Wildman–Crippen MR) is 83.9 cm³/mol. The molecule has 1 unspecified atom stereocenters. The van der Waals surface area contributed by atoms with Crippen LogP contribution in [0, 0.1) is 5.82 Å². The molecule has 23 heavy (non-hydrogen) atoms. The van der Waals surface area contributed by atoms with Gasteiger partial charge < -0.3 is 10.1 Å². The van der Waals surface area contributed by atoms with E-state index in [0.29, 0.717) is 11.4 Å². The van der Waals surface area contributed by atoms with Crippen LogP contribution in [0.2, 0.25) is 0 Å². The zero-order valence-corrected chi connectivity index (χ0v) is 12.5. The predicted octanol–water partition coefficient (Wildman–Crippen LogP) is 2.58. The summed E-state index contributed by atoms with van der Waals surface area (Å²) < 4.78 is 18.5. The number of rotatable bonds is 4. The molecular formula is C17H15FN2O3. The maximum atomic E-state index is 13.3. The average molecular weight is 314 g/mol. The van der Waals surface area contributed by atoms with Crippen molar-refractivity contribution in [2.45, 2.75) is 12.5 Å². The van der Waals surface area contributed by atoms with Crippen molar-refractivity contribution in [3.05, 3.63) is 54.3 Å². The fourth-order valence-electron chi connectivity index (χ4n) is 2.55. The summed E-state index contributed by atoms with van der Waals surface area (Å²) in [7, 11) is 1.55. The maximum absolute atomic E-state index is 13.3. The van der Waals surface area contributed by atoms with E-state index in [9.17, 15) is 14.0 Å². The number of carbonyl (C=O) groups excluding carboxylic acids is 2. The van der Waals surface area contributed by atoms with E-state index >= 15 is 0 Å². The first-order valence-corrected chi connectivity index (χ1v) is 7.11. The third kappa shape index (κ3) is 3.01. The number of hydrogen-bond donors (Lipinski definition) is 1. The van der Waals surface area contributed by atoms with Crippen molar-refractivity contribution < 1.29 is 18.7 Å². The molecule has 0 radical (unpaired) electrons. The summed E-state index contributed by atoms with van der Waals surface area (Å²) in [5.74, 6) is -0.606. The minimum atomic E-state index is -0.683. The Labute approximate surface area is 132 Å². The van der Waals surface area contributed by atoms with Crippen molar-refractivity contribution >= 4 is 23.2 Å². The second kappa shape index (κ2) is 6.08. The Hall–Kier alpha value is -2.89. The van der Waals surface area contributed by atoms with Gasteiger partial charge >= 0.3 is 0 Å². The van der Waals surface area contributed by atoms with E-state index in [1.807, 2.05) is 0 Å². The van der Waals surface area contributed by atoms with E-state index < -0.39 is 17.8 Å². The van der Waals surface area contributed by atoms with Gasteiger partial charge in [0.05, 0.1) is 19.2 Å². The molecule has 0 bridgehead atoms. The van der Waals surface area contributed by atoms with E-state index in [-0.39, 0.29) is 18.0 Å². The number of carbonyl (C=O) groups is 2. The molecule has 1 heterocycles. The molecule has 6 heteroatoms. The lowest BCUT2D eigenvalue weighted by atomic mass is 10.2. The Kier molecular flexibility index (Phi) is 3.97. The Morgan fingerprint density at radius 1 is 1.17 bits per heavy atom. The molecule has 2 aromatic rings. The van der Waals surface area contributed by atoms with Crippen LogP contribution in [0.4, 0.5) is 15.8 Å². The fourth-order valence-corrected chi connectivity index (χ4v) is 2.55. The number of methoxy groups -OCH3 is 1. The van der Waals surface area contributed by atoms with Crippen LogP contribution in [0.3, 0.4) is 0 Å². The number of benzene rings is 2. The third-order valence-electron chi connectivity index (χ3n) is 3.62. The van der Waals surface area contributed by atoms with Crippen LogP contribution >= 0.6 is 0 Å². The Balaban J connectivity index is 1.81. The summed E-state index contributed by atoms with van der Waals surface area (Å²) in [5, 5.41) is 3.02. The van der Waals surface area contributed by atoms with Gasteiger partial charge in [-0.1, -0.05) is 12.1 Å². The Bertz CT molecular complexity index is 763. The van der Waals surface area contributed by atoms with E-state index in [1.54, 1.807) is 31.4 Å². The monoisotopic (exact) mass is 314 g/mol. The molecule has 1 aliphatic rings. The number of anilines is 2. The van der Waals surface area contributed by atoms with Gasteiger partial charge in [0, 0.05) is 11.8 Å². The van der Waals surface area contributed by atoms with Crippen LogP contribution in [0.1, 0.15) is 6.42 Å². The van der Waals surface area contributed by atoms with Crippen LogP contribution in [0.25, 0.3) is 0 Å². The number of nitrogens with one attached hydrogen (secondary N) is 1. The minimum absolute atomic E-state index is 0.0204. The van der Waals surface area contributed by atoms with Crippen molar-refractivity contribution in [2.75, 3.05) is 17.3 Å². The average Bonchev–Trinajstić information content (AvgIpc) is 2.81. The molecule has 5 nitrogen and oxygen atoms in total. The molecule has 3 rings (SSSR count). The molecule has 1 atom stereocenters. The highest BCUT2D eigenvalue weighted by molar-refractivity contribution is 6.23. The van der Waals surface area contributed by atoms with E-state index in [0.717, 1.165) is 4.90 Å². The standard InChI is InChI=1S/C17H15FN2O3/c1-23-14-7-3-5-12(9-14)19-15-10-16(21)20(17(15)22)13-6-2-4-11(18)8-13/h2-9,15,19H,10H2,1H3. The molecule has 118 valence electrons. The van der Waals surface area contributed by atoms with Crippen molar-refractivity contribution in [3.63, 3.8) is 0 Å². The fraction of sp³-hybridized carbons (Fsp3) is 0.176. The number of hydrogen-bond acceptors (Lipinski definition) is 4. The topological polar surface area (TPSA) is 58.6 Å². The quantitative estimate of drug-likeness (QED) is 0.881. The Morgan fingerprint density at radius 3 is 2.70 bits per heavy atom. The lowest BCUT2D eigenvalue weighted by Crippen LogP contribution is -2.34. The second-order valence-corrected chi connectivity index (χ2v) is 5.18. The zero-order valence-electron chi connectivity index (χ0n) is 12.5. The van der Waals surface area contributed by atoms with Gasteiger partial charge in [0.15, 0.2) is 0 Å². The first kappa shape index (κ1) is 15.0. The van der Waals surface area contributed by atoms with Gasteiger partial charge in [0.2, 0.25) is 5.91 Å². The summed E-state index contributed by atoms with van der Waals surface area (Å²) in [6.45, 7) is 0. The largest absolute Gasteiger partial charge is 0.497 e. The van der Waals surface area contributed by atoms with E-state index in [2.05, 4.69) is 5.32 Å². The highest BCUT2D eigenvalue weighted by Gasteiger charge is 2.39. The molecule has 1 saturated heterocycles. The van der Waals surface area contributed by atoms with Crippen LogP contribution in [0.5, 0.6) is 5.75 Å². The maximum Gasteiger partial charge on any atom is 0.256 e. The van der Waals surface area contributed by atoms with Gasteiger partial charge in [0.1, 0.15) is 17.6 Å². The van der Waals surface area contributed by atoms with Crippen LogP contribution in [-0.4, -0.2) is 25.0 Å². The van der Waals surface area contributed by atoms with Gasteiger partial charge in [-0.2, -0.15) is 0 Å². The van der Waals surface area contributed by atoms with Gasteiger partial charge in [-0.25, -0.2) is 9.29 Å². The normalized spacial score (nSPS) is 17.5.